The maximum Gasteiger partial charge on any atom is 0.305 e. The largest absolute Gasteiger partial charge is 0.469 e. The number of carbonyl (C=O) groups is 1. The van der Waals surface area contributed by atoms with Crippen LogP contribution < -0.4 is 0 Å². The summed E-state index contributed by atoms with van der Waals surface area (Å²) in [6, 6.07) is 0. The highest BCUT2D eigenvalue weighted by Gasteiger charge is 2.00. The molecular weight excluding hydrogens is 264 g/mol. The normalized spacial score (nSPS) is 11.6. The highest BCUT2D eigenvalue weighted by Crippen LogP contribution is 2.11. The first-order valence-electron chi connectivity index (χ1n) is 8.44. The van der Waals surface area contributed by atoms with Crippen LogP contribution in [0.5, 0.6) is 0 Å². The molecule has 122 valence electrons. The van der Waals surface area contributed by atoms with Crippen LogP contribution in [-0.2, 0) is 9.53 Å². The molecule has 0 saturated heterocycles. The summed E-state index contributed by atoms with van der Waals surface area (Å²) in [4.78, 5) is 10.9. The van der Waals surface area contributed by atoms with Crippen molar-refractivity contribution in [2.24, 2.45) is 0 Å². The summed E-state index contributed by atoms with van der Waals surface area (Å²) in [6.45, 7) is 2.09. The van der Waals surface area contributed by atoms with Gasteiger partial charge in [-0.1, -0.05) is 51.4 Å². The van der Waals surface area contributed by atoms with Crippen molar-refractivity contribution in [2.75, 3.05) is 7.11 Å². The minimum Gasteiger partial charge on any atom is -0.469 e. The monoisotopic (exact) mass is 296 g/mol. The van der Waals surface area contributed by atoms with Gasteiger partial charge in [0.2, 0.25) is 0 Å². The maximum atomic E-state index is 10.9. The molecule has 0 aliphatic heterocycles. The Kier molecular flexibility index (Phi) is 14.6. The van der Waals surface area contributed by atoms with E-state index in [1.165, 1.54) is 39.2 Å². The van der Waals surface area contributed by atoms with Gasteiger partial charge in [-0.25, -0.2) is 0 Å². The summed E-state index contributed by atoms with van der Waals surface area (Å²) in [5, 5.41) is 9.63. The molecule has 0 heterocycles. The van der Waals surface area contributed by atoms with Crippen LogP contribution in [0.15, 0.2) is 0 Å². The molecule has 0 aromatic heterocycles. The van der Waals surface area contributed by atoms with Crippen LogP contribution in [0.1, 0.15) is 84.0 Å². The molecule has 0 aliphatic rings. The van der Waals surface area contributed by atoms with Crippen LogP contribution in [0, 0.1) is 11.8 Å². The van der Waals surface area contributed by atoms with E-state index in [-0.39, 0.29) is 5.97 Å². The van der Waals surface area contributed by atoms with Gasteiger partial charge < -0.3 is 9.84 Å². The van der Waals surface area contributed by atoms with Gasteiger partial charge in [0.05, 0.1) is 7.11 Å². The summed E-state index contributed by atoms with van der Waals surface area (Å²) >= 11 is 0. The summed E-state index contributed by atoms with van der Waals surface area (Å²) in [5.41, 5.74) is 0. The topological polar surface area (TPSA) is 46.5 Å². The van der Waals surface area contributed by atoms with E-state index in [0.29, 0.717) is 6.42 Å². The summed E-state index contributed by atoms with van der Waals surface area (Å²) < 4.78 is 4.60. The zero-order valence-electron chi connectivity index (χ0n) is 13.8. The summed E-state index contributed by atoms with van der Waals surface area (Å²) in [5.74, 6) is 5.78. The number of hydrogen-bond donors (Lipinski definition) is 1. The molecule has 3 nitrogen and oxygen atoms in total. The van der Waals surface area contributed by atoms with E-state index in [0.717, 1.165) is 38.5 Å². The Morgan fingerprint density at radius 1 is 1.05 bits per heavy atom. The molecule has 0 unspecified atom stereocenters. The molecule has 0 bridgehead atoms. The Bertz CT molecular complexity index is 301. The quantitative estimate of drug-likeness (QED) is 0.333. The molecule has 0 amide bonds. The number of esters is 1. The number of methoxy groups -OCH3 is 1. The lowest BCUT2D eigenvalue weighted by atomic mass is 10.0. The molecular formula is C18H32O3. The number of unbranched alkanes of at least 4 members (excludes halogenated alkanes) is 8. The third-order valence-corrected chi connectivity index (χ3v) is 3.48. The predicted molar refractivity (Wildman–Crippen MR) is 86.9 cm³/mol. The molecule has 0 aromatic rings. The van der Waals surface area contributed by atoms with E-state index in [2.05, 4.69) is 23.5 Å². The fraction of sp³-hybridized carbons (Fsp3) is 0.833. The van der Waals surface area contributed by atoms with Gasteiger partial charge in [0.25, 0.3) is 0 Å². The molecule has 0 aromatic carbocycles. The van der Waals surface area contributed by atoms with Crippen LogP contribution >= 0.6 is 0 Å². The Morgan fingerprint density at radius 2 is 1.62 bits per heavy atom. The predicted octanol–water partition coefficient (Wildman–Crippen LogP) is 4.22. The Labute approximate surface area is 130 Å². The maximum absolute atomic E-state index is 10.9. The first kappa shape index (κ1) is 20.0. The fourth-order valence-corrected chi connectivity index (χ4v) is 2.16. The zero-order chi connectivity index (χ0) is 15.8. The molecule has 0 fully saturated rings. The third kappa shape index (κ3) is 15.2. The SMILES string of the molecule is CCCC#C[C@H](O)CCCCCCCCCCC(=O)OC. The zero-order valence-corrected chi connectivity index (χ0v) is 13.8. The van der Waals surface area contributed by atoms with Gasteiger partial charge in [0.15, 0.2) is 0 Å². The lowest BCUT2D eigenvalue weighted by Gasteiger charge is -2.04. The molecule has 0 spiro atoms. The lowest BCUT2D eigenvalue weighted by molar-refractivity contribution is -0.140. The minimum atomic E-state index is -0.435. The van der Waals surface area contributed by atoms with E-state index < -0.39 is 6.10 Å². The van der Waals surface area contributed by atoms with Gasteiger partial charge in [-0.3, -0.25) is 4.79 Å². The van der Waals surface area contributed by atoms with E-state index >= 15 is 0 Å². The Hall–Kier alpha value is -1.01. The second kappa shape index (κ2) is 15.4. The van der Waals surface area contributed by atoms with Gasteiger partial charge in [-0.2, -0.15) is 0 Å². The molecule has 1 N–H and O–H groups in total. The van der Waals surface area contributed by atoms with Crippen LogP contribution in [0.4, 0.5) is 0 Å². The minimum absolute atomic E-state index is 0.101. The van der Waals surface area contributed by atoms with Crippen LogP contribution in [-0.4, -0.2) is 24.3 Å². The van der Waals surface area contributed by atoms with Crippen molar-refractivity contribution in [3.05, 3.63) is 0 Å². The number of aliphatic hydroxyl groups excluding tert-OH is 1. The average Bonchev–Trinajstić information content (AvgIpc) is 2.49. The lowest BCUT2D eigenvalue weighted by Crippen LogP contribution is -2.02. The smallest absolute Gasteiger partial charge is 0.305 e. The second-order valence-corrected chi connectivity index (χ2v) is 5.53. The van der Waals surface area contributed by atoms with Gasteiger partial charge in [-0.15, -0.1) is 5.92 Å². The summed E-state index contributed by atoms with van der Waals surface area (Å²) in [6.07, 6.45) is 12.0. The van der Waals surface area contributed by atoms with Gasteiger partial charge in [0, 0.05) is 12.8 Å². The standard InChI is InChI=1S/C18H32O3/c1-3-4-11-14-17(19)15-12-9-7-5-6-8-10-13-16-18(20)21-2/h17,19H,3-10,12-13,15-16H2,1-2H3/t17-/m0/s1. The molecule has 0 aliphatic carbocycles. The van der Waals surface area contributed by atoms with Crippen molar-refractivity contribution in [1.29, 1.82) is 0 Å². The molecule has 0 radical (unpaired) electrons. The van der Waals surface area contributed by atoms with Crippen LogP contribution in [0.3, 0.4) is 0 Å². The van der Waals surface area contributed by atoms with Gasteiger partial charge >= 0.3 is 5.97 Å². The van der Waals surface area contributed by atoms with Gasteiger partial charge in [0.1, 0.15) is 6.10 Å². The van der Waals surface area contributed by atoms with Crippen molar-refractivity contribution in [1.82, 2.24) is 0 Å². The van der Waals surface area contributed by atoms with Crippen molar-refractivity contribution in [3.8, 4) is 11.8 Å². The first-order valence-corrected chi connectivity index (χ1v) is 8.44. The summed E-state index contributed by atoms with van der Waals surface area (Å²) in [7, 11) is 1.44. The van der Waals surface area contributed by atoms with Crippen molar-refractivity contribution >= 4 is 5.97 Å². The van der Waals surface area contributed by atoms with E-state index in [1.54, 1.807) is 0 Å². The Morgan fingerprint density at radius 3 is 2.19 bits per heavy atom. The third-order valence-electron chi connectivity index (χ3n) is 3.48. The fourth-order valence-electron chi connectivity index (χ4n) is 2.16. The first-order chi connectivity index (χ1) is 10.2. The van der Waals surface area contributed by atoms with Gasteiger partial charge in [-0.05, 0) is 25.7 Å². The highest BCUT2D eigenvalue weighted by molar-refractivity contribution is 5.68. The molecule has 21 heavy (non-hydrogen) atoms. The highest BCUT2D eigenvalue weighted by atomic mass is 16.5. The second-order valence-electron chi connectivity index (χ2n) is 5.53. The van der Waals surface area contributed by atoms with E-state index in [9.17, 15) is 9.90 Å². The van der Waals surface area contributed by atoms with Crippen molar-refractivity contribution in [2.45, 2.75) is 90.1 Å². The number of hydrogen-bond acceptors (Lipinski definition) is 3. The molecule has 0 rings (SSSR count). The van der Waals surface area contributed by atoms with Crippen LogP contribution in [0.2, 0.25) is 0 Å². The van der Waals surface area contributed by atoms with Crippen LogP contribution in [0.25, 0.3) is 0 Å². The van der Waals surface area contributed by atoms with Crippen molar-refractivity contribution in [3.63, 3.8) is 0 Å². The number of ether oxygens (including phenoxy) is 1. The Balaban J connectivity index is 3.22. The van der Waals surface area contributed by atoms with Crippen molar-refractivity contribution < 1.29 is 14.6 Å². The molecule has 1 atom stereocenters. The number of rotatable bonds is 12. The molecule has 3 heteroatoms. The number of aliphatic hydroxyl groups is 1. The van der Waals surface area contributed by atoms with E-state index in [4.69, 9.17) is 0 Å². The number of carbonyl (C=O) groups excluding carboxylic acids is 1. The molecule has 0 saturated carbocycles. The average molecular weight is 296 g/mol. The van der Waals surface area contributed by atoms with E-state index in [1.807, 2.05) is 0 Å².